The van der Waals surface area contributed by atoms with E-state index < -0.39 is 33.4 Å². The lowest BCUT2D eigenvalue weighted by Crippen LogP contribution is -2.34. The van der Waals surface area contributed by atoms with Crippen LogP contribution in [0, 0.1) is 0 Å². The first-order chi connectivity index (χ1) is 7.35. The van der Waals surface area contributed by atoms with E-state index in [9.17, 15) is 22.8 Å². The molecule has 0 saturated carbocycles. The molecule has 0 atom stereocenters. The molecule has 7 nitrogen and oxygen atoms in total. The van der Waals surface area contributed by atoms with Crippen LogP contribution < -0.4 is 0 Å². The number of hydroxylamine groups is 2. The quantitative estimate of drug-likeness (QED) is 0.594. The van der Waals surface area contributed by atoms with Crippen LogP contribution in [0.5, 0.6) is 0 Å². The Balaban J connectivity index is 2.59. The molecule has 0 unspecified atom stereocenters. The lowest BCUT2D eigenvalue weighted by atomic mass is 10.4. The van der Waals surface area contributed by atoms with Gasteiger partial charge in [-0.15, -0.1) is 5.06 Å². The summed E-state index contributed by atoms with van der Waals surface area (Å²) in [5.41, 5.74) is 0. The second-order valence-corrected chi connectivity index (χ2v) is 5.57. The van der Waals surface area contributed by atoms with Gasteiger partial charge in [0, 0.05) is 18.6 Å². The van der Waals surface area contributed by atoms with Crippen molar-refractivity contribution in [2.24, 2.45) is 0 Å². The molecular weight excluding hydrogens is 238 g/mol. The van der Waals surface area contributed by atoms with E-state index in [0.29, 0.717) is 5.06 Å². The molecule has 0 N–H and O–H groups in total. The number of hydrogen-bond acceptors (Lipinski definition) is 6. The maximum atomic E-state index is 11.1. The minimum Gasteiger partial charge on any atom is -0.329 e. The van der Waals surface area contributed by atoms with Gasteiger partial charge in [0.15, 0.2) is 15.6 Å². The first kappa shape index (κ1) is 12.6. The van der Waals surface area contributed by atoms with Crippen molar-refractivity contribution in [2.45, 2.75) is 19.8 Å². The Hall–Kier alpha value is -1.44. The Kier molecular flexibility index (Phi) is 3.63. The van der Waals surface area contributed by atoms with Crippen molar-refractivity contribution in [3.63, 3.8) is 0 Å². The highest BCUT2D eigenvalue weighted by atomic mass is 32.2. The van der Waals surface area contributed by atoms with Crippen LogP contribution in [-0.4, -0.2) is 42.8 Å². The topological polar surface area (TPSA) is 97.8 Å². The number of amides is 2. The third kappa shape index (κ3) is 3.02. The molecule has 1 heterocycles. The van der Waals surface area contributed by atoms with Gasteiger partial charge in [-0.25, -0.2) is 13.2 Å². The molecule has 0 spiro atoms. The zero-order valence-electron chi connectivity index (χ0n) is 8.63. The van der Waals surface area contributed by atoms with E-state index in [2.05, 4.69) is 4.84 Å². The number of carbonyl (C=O) groups excluding carboxylic acids is 3. The molecule has 1 aliphatic rings. The highest BCUT2D eigenvalue weighted by molar-refractivity contribution is 7.92. The SMILES string of the molecule is CCS(=O)(=O)CC(=O)ON1C(=O)CCC1=O. The Morgan fingerprint density at radius 2 is 1.81 bits per heavy atom. The third-order valence-corrected chi connectivity index (χ3v) is 3.53. The van der Waals surface area contributed by atoms with E-state index in [0.717, 1.165) is 0 Å². The summed E-state index contributed by atoms with van der Waals surface area (Å²) in [5.74, 6) is -3.42. The van der Waals surface area contributed by atoms with Crippen LogP contribution in [0.25, 0.3) is 0 Å². The van der Waals surface area contributed by atoms with E-state index in [1.165, 1.54) is 6.92 Å². The molecule has 8 heteroatoms. The predicted octanol–water partition coefficient (Wildman–Crippen LogP) is -0.972. The lowest BCUT2D eigenvalue weighted by Gasteiger charge is -2.12. The lowest BCUT2D eigenvalue weighted by molar-refractivity contribution is -0.195. The van der Waals surface area contributed by atoms with Gasteiger partial charge in [0.25, 0.3) is 11.8 Å². The van der Waals surface area contributed by atoms with Gasteiger partial charge in [-0.05, 0) is 0 Å². The fraction of sp³-hybridized carbons (Fsp3) is 0.625. The molecule has 2 amide bonds. The van der Waals surface area contributed by atoms with Crippen LogP contribution >= 0.6 is 0 Å². The second-order valence-electron chi connectivity index (χ2n) is 3.22. The summed E-state index contributed by atoms with van der Waals surface area (Å²) in [6, 6.07) is 0. The van der Waals surface area contributed by atoms with Crippen LogP contribution in [0.15, 0.2) is 0 Å². The molecule has 1 aliphatic heterocycles. The summed E-state index contributed by atoms with van der Waals surface area (Å²) in [7, 11) is -3.52. The minimum atomic E-state index is -3.52. The molecule has 0 aromatic carbocycles. The fourth-order valence-corrected chi connectivity index (χ4v) is 1.68. The summed E-state index contributed by atoms with van der Waals surface area (Å²) in [5, 5.41) is 0.327. The molecule has 1 rings (SSSR count). The highest BCUT2D eigenvalue weighted by Crippen LogP contribution is 2.12. The van der Waals surface area contributed by atoms with Crippen molar-refractivity contribution in [1.29, 1.82) is 0 Å². The molecular formula is C8H11NO6S. The number of hydrogen-bond donors (Lipinski definition) is 0. The van der Waals surface area contributed by atoms with E-state index in [4.69, 9.17) is 0 Å². The van der Waals surface area contributed by atoms with Gasteiger partial charge >= 0.3 is 5.97 Å². The van der Waals surface area contributed by atoms with Crippen molar-refractivity contribution < 1.29 is 27.6 Å². The molecule has 0 aliphatic carbocycles. The van der Waals surface area contributed by atoms with Gasteiger partial charge in [0.1, 0.15) is 0 Å². The van der Waals surface area contributed by atoms with Gasteiger partial charge in [0.2, 0.25) is 0 Å². The average molecular weight is 249 g/mol. The zero-order valence-corrected chi connectivity index (χ0v) is 9.45. The Labute approximate surface area is 92.2 Å². The fourth-order valence-electron chi connectivity index (χ4n) is 1.07. The van der Waals surface area contributed by atoms with Crippen LogP contribution in [0.3, 0.4) is 0 Å². The largest absolute Gasteiger partial charge is 0.348 e. The molecule has 0 aromatic rings. The van der Waals surface area contributed by atoms with Gasteiger partial charge in [-0.2, -0.15) is 0 Å². The Morgan fingerprint density at radius 1 is 1.31 bits per heavy atom. The summed E-state index contributed by atoms with van der Waals surface area (Å²) in [4.78, 5) is 37.6. The van der Waals surface area contributed by atoms with Crippen LogP contribution in [0.2, 0.25) is 0 Å². The number of rotatable bonds is 4. The summed E-state index contributed by atoms with van der Waals surface area (Å²) in [6.07, 6.45) is -0.0424. The molecule has 1 saturated heterocycles. The van der Waals surface area contributed by atoms with Crippen LogP contribution in [0.4, 0.5) is 0 Å². The van der Waals surface area contributed by atoms with Gasteiger partial charge < -0.3 is 4.84 Å². The summed E-state index contributed by atoms with van der Waals surface area (Å²) in [6.45, 7) is 1.38. The van der Waals surface area contributed by atoms with Crippen LogP contribution in [-0.2, 0) is 29.1 Å². The van der Waals surface area contributed by atoms with Gasteiger partial charge in [-0.1, -0.05) is 6.92 Å². The monoisotopic (exact) mass is 249 g/mol. The minimum absolute atomic E-state index is 0.0212. The van der Waals surface area contributed by atoms with Crippen molar-refractivity contribution in [2.75, 3.05) is 11.5 Å². The normalized spacial score (nSPS) is 16.7. The number of carbonyl (C=O) groups is 3. The molecule has 0 radical (unpaired) electrons. The standard InChI is InChI=1S/C8H11NO6S/c1-2-16(13,14)5-8(12)15-9-6(10)3-4-7(9)11/h2-5H2,1H3. The first-order valence-electron chi connectivity index (χ1n) is 4.62. The first-order valence-corrected chi connectivity index (χ1v) is 6.45. The van der Waals surface area contributed by atoms with Crippen molar-refractivity contribution in [3.05, 3.63) is 0 Å². The van der Waals surface area contributed by atoms with E-state index >= 15 is 0 Å². The maximum Gasteiger partial charge on any atom is 0.348 e. The summed E-state index contributed by atoms with van der Waals surface area (Å²) < 4.78 is 22.1. The third-order valence-electron chi connectivity index (χ3n) is 1.98. The van der Waals surface area contributed by atoms with Gasteiger partial charge in [-0.3, -0.25) is 9.59 Å². The highest BCUT2D eigenvalue weighted by Gasteiger charge is 2.33. The van der Waals surface area contributed by atoms with Crippen molar-refractivity contribution in [3.8, 4) is 0 Å². The number of sulfone groups is 1. The number of nitrogens with zero attached hydrogens (tertiary/aromatic N) is 1. The summed E-state index contributed by atoms with van der Waals surface area (Å²) >= 11 is 0. The zero-order chi connectivity index (χ0) is 12.3. The average Bonchev–Trinajstić information content (AvgIpc) is 2.49. The van der Waals surface area contributed by atoms with Crippen LogP contribution in [0.1, 0.15) is 19.8 Å². The smallest absolute Gasteiger partial charge is 0.329 e. The molecule has 0 bridgehead atoms. The van der Waals surface area contributed by atoms with Gasteiger partial charge in [0.05, 0.1) is 0 Å². The van der Waals surface area contributed by atoms with Crippen molar-refractivity contribution in [1.82, 2.24) is 5.06 Å². The predicted molar refractivity (Wildman–Crippen MR) is 51.5 cm³/mol. The molecule has 90 valence electrons. The molecule has 1 fully saturated rings. The molecule has 16 heavy (non-hydrogen) atoms. The van der Waals surface area contributed by atoms with E-state index in [1.54, 1.807) is 0 Å². The molecule has 0 aromatic heterocycles. The Morgan fingerprint density at radius 3 is 2.25 bits per heavy atom. The van der Waals surface area contributed by atoms with E-state index in [1.807, 2.05) is 0 Å². The number of imide groups is 1. The maximum absolute atomic E-state index is 11.1. The Bertz CT molecular complexity index is 410. The van der Waals surface area contributed by atoms with Crippen molar-refractivity contribution >= 4 is 27.6 Å². The van der Waals surface area contributed by atoms with E-state index in [-0.39, 0.29) is 18.6 Å². The second kappa shape index (κ2) is 4.60.